The molecule has 3 N–H and O–H groups in total. The molecule has 0 radical (unpaired) electrons. The van der Waals surface area contributed by atoms with Crippen LogP contribution in [0.1, 0.15) is 23.2 Å². The van der Waals surface area contributed by atoms with E-state index in [2.05, 4.69) is 10.3 Å². The molecule has 0 aliphatic rings. The number of nitrogen functional groups attached to an aromatic ring is 1. The molecule has 6 nitrogen and oxygen atoms in total. The van der Waals surface area contributed by atoms with Crippen LogP contribution in [-0.4, -0.2) is 44.4 Å². The van der Waals surface area contributed by atoms with Crippen molar-refractivity contribution in [1.82, 2.24) is 10.3 Å². The topological polar surface area (TPSA) is 86.5 Å². The molecule has 1 rings (SSSR count). The highest BCUT2D eigenvalue weighted by atomic mass is 35.5. The quantitative estimate of drug-likeness (QED) is 0.533. The van der Waals surface area contributed by atoms with Gasteiger partial charge >= 0.3 is 0 Å². The minimum atomic E-state index is -0.243. The monoisotopic (exact) mass is 301 g/mol. The van der Waals surface area contributed by atoms with Crippen LogP contribution in [0.4, 0.5) is 5.69 Å². The van der Waals surface area contributed by atoms with E-state index in [4.69, 9.17) is 26.8 Å². The summed E-state index contributed by atoms with van der Waals surface area (Å²) in [5.41, 5.74) is 6.34. The summed E-state index contributed by atoms with van der Waals surface area (Å²) in [6.45, 7) is 2.40. The number of nitrogens with two attached hydrogens (primary N) is 1. The predicted octanol–water partition coefficient (Wildman–Crippen LogP) is 1.49. The Hall–Kier alpha value is -1.37. The van der Waals surface area contributed by atoms with Gasteiger partial charge < -0.3 is 20.5 Å². The summed E-state index contributed by atoms with van der Waals surface area (Å²) in [4.78, 5) is 15.7. The highest BCUT2D eigenvalue weighted by Crippen LogP contribution is 2.14. The molecule has 112 valence electrons. The number of unbranched alkanes of at least 4 members (excludes halogenated alkanes) is 1. The van der Waals surface area contributed by atoms with Gasteiger partial charge in [0.15, 0.2) is 0 Å². The van der Waals surface area contributed by atoms with Crippen molar-refractivity contribution < 1.29 is 14.3 Å². The molecule has 0 aliphatic carbocycles. The number of rotatable bonds is 9. The zero-order valence-corrected chi connectivity index (χ0v) is 12.3. The Kier molecular flexibility index (Phi) is 7.94. The van der Waals surface area contributed by atoms with E-state index in [0.29, 0.717) is 37.6 Å². The Morgan fingerprint density at radius 3 is 2.95 bits per heavy atom. The van der Waals surface area contributed by atoms with Crippen LogP contribution < -0.4 is 11.1 Å². The number of nitrogens with one attached hydrogen (secondary N) is 1. The first kappa shape index (κ1) is 16.7. The molecule has 0 atom stereocenters. The summed E-state index contributed by atoms with van der Waals surface area (Å²) < 4.78 is 10.2. The van der Waals surface area contributed by atoms with E-state index in [9.17, 15) is 4.79 Å². The van der Waals surface area contributed by atoms with E-state index in [0.717, 1.165) is 12.8 Å². The van der Waals surface area contributed by atoms with Crippen LogP contribution in [0.2, 0.25) is 5.15 Å². The van der Waals surface area contributed by atoms with Crippen LogP contribution in [-0.2, 0) is 9.47 Å². The first-order chi connectivity index (χ1) is 9.65. The van der Waals surface area contributed by atoms with Gasteiger partial charge in [-0.05, 0) is 18.9 Å². The number of anilines is 1. The number of pyridine rings is 1. The van der Waals surface area contributed by atoms with E-state index in [1.54, 1.807) is 7.11 Å². The highest BCUT2D eigenvalue weighted by Gasteiger charge is 2.10. The van der Waals surface area contributed by atoms with Crippen LogP contribution in [0.3, 0.4) is 0 Å². The van der Waals surface area contributed by atoms with Crippen molar-refractivity contribution in [3.05, 3.63) is 23.0 Å². The Balaban J connectivity index is 2.18. The van der Waals surface area contributed by atoms with Crippen molar-refractivity contribution in [2.24, 2.45) is 0 Å². The maximum Gasteiger partial charge on any atom is 0.253 e. The van der Waals surface area contributed by atoms with Gasteiger partial charge in [-0.15, -0.1) is 0 Å². The molecule has 0 saturated carbocycles. The second-order valence-corrected chi connectivity index (χ2v) is 4.55. The van der Waals surface area contributed by atoms with Gasteiger partial charge in [-0.2, -0.15) is 0 Å². The summed E-state index contributed by atoms with van der Waals surface area (Å²) in [7, 11) is 1.63. The Morgan fingerprint density at radius 2 is 2.20 bits per heavy atom. The minimum Gasteiger partial charge on any atom is -0.397 e. The van der Waals surface area contributed by atoms with Gasteiger partial charge in [-0.1, -0.05) is 11.6 Å². The molecule has 20 heavy (non-hydrogen) atoms. The third-order valence-corrected chi connectivity index (χ3v) is 2.79. The third kappa shape index (κ3) is 6.18. The van der Waals surface area contributed by atoms with E-state index in [1.807, 2.05) is 0 Å². The number of amides is 1. The molecule has 0 spiro atoms. The molecule has 0 saturated heterocycles. The Morgan fingerprint density at radius 1 is 1.40 bits per heavy atom. The zero-order valence-electron chi connectivity index (χ0n) is 11.5. The summed E-state index contributed by atoms with van der Waals surface area (Å²) in [5.74, 6) is -0.243. The fraction of sp³-hybridized carbons (Fsp3) is 0.538. The van der Waals surface area contributed by atoms with Gasteiger partial charge in [-0.3, -0.25) is 4.79 Å². The zero-order chi connectivity index (χ0) is 14.8. The normalized spacial score (nSPS) is 10.5. The fourth-order valence-electron chi connectivity index (χ4n) is 1.51. The van der Waals surface area contributed by atoms with E-state index in [1.165, 1.54) is 12.3 Å². The summed E-state index contributed by atoms with van der Waals surface area (Å²) in [5, 5.41) is 3.03. The maximum absolute atomic E-state index is 11.9. The van der Waals surface area contributed by atoms with Crippen LogP contribution in [0.25, 0.3) is 0 Å². The predicted molar refractivity (Wildman–Crippen MR) is 77.9 cm³/mol. The number of nitrogens with zero attached hydrogens (tertiary/aromatic N) is 1. The van der Waals surface area contributed by atoms with E-state index in [-0.39, 0.29) is 11.1 Å². The smallest absolute Gasteiger partial charge is 0.253 e. The van der Waals surface area contributed by atoms with Crippen molar-refractivity contribution in [2.45, 2.75) is 12.8 Å². The first-order valence-electron chi connectivity index (χ1n) is 6.41. The number of aromatic nitrogens is 1. The van der Waals surface area contributed by atoms with Crippen LogP contribution in [0.15, 0.2) is 12.3 Å². The summed E-state index contributed by atoms with van der Waals surface area (Å²) >= 11 is 5.73. The van der Waals surface area contributed by atoms with Crippen LogP contribution in [0, 0.1) is 0 Å². The molecule has 1 aromatic rings. The van der Waals surface area contributed by atoms with Crippen molar-refractivity contribution in [3.63, 3.8) is 0 Å². The van der Waals surface area contributed by atoms with Gasteiger partial charge in [0.05, 0.1) is 30.7 Å². The Bertz CT molecular complexity index is 429. The van der Waals surface area contributed by atoms with Gasteiger partial charge in [0.25, 0.3) is 5.91 Å². The lowest BCUT2D eigenvalue weighted by Crippen LogP contribution is -2.25. The number of carbonyl (C=O) groups is 1. The van der Waals surface area contributed by atoms with Crippen molar-refractivity contribution in [2.75, 3.05) is 39.2 Å². The number of hydrogen-bond donors (Lipinski definition) is 2. The van der Waals surface area contributed by atoms with Gasteiger partial charge in [0.1, 0.15) is 5.15 Å². The summed E-state index contributed by atoms with van der Waals surface area (Å²) in [6, 6.07) is 1.46. The molecule has 0 fully saturated rings. The lowest BCUT2D eigenvalue weighted by Gasteiger charge is -2.08. The lowest BCUT2D eigenvalue weighted by molar-refractivity contribution is 0.0686. The molecule has 1 aromatic heterocycles. The third-order valence-electron chi connectivity index (χ3n) is 2.58. The number of ether oxygens (including phenoxy) is 2. The molecular formula is C13H20ClN3O3. The first-order valence-corrected chi connectivity index (χ1v) is 6.79. The van der Waals surface area contributed by atoms with Gasteiger partial charge in [-0.25, -0.2) is 4.98 Å². The highest BCUT2D eigenvalue weighted by molar-refractivity contribution is 6.29. The SMILES string of the molecule is COCCOCCCCNC(=O)c1cc(Cl)ncc1N. The number of halogens is 1. The van der Waals surface area contributed by atoms with E-state index >= 15 is 0 Å². The molecule has 0 aliphatic heterocycles. The average molecular weight is 302 g/mol. The lowest BCUT2D eigenvalue weighted by atomic mass is 10.2. The van der Waals surface area contributed by atoms with Gasteiger partial charge in [0, 0.05) is 20.3 Å². The number of carbonyl (C=O) groups excluding carboxylic acids is 1. The second-order valence-electron chi connectivity index (χ2n) is 4.16. The largest absolute Gasteiger partial charge is 0.397 e. The van der Waals surface area contributed by atoms with Crippen LogP contribution >= 0.6 is 11.6 Å². The standard InChI is InChI=1S/C13H20ClN3O3/c1-19-6-7-20-5-3-2-4-16-13(18)10-8-12(14)17-9-11(10)15/h8-9H,2-7,15H2,1H3,(H,16,18). The molecule has 0 aromatic carbocycles. The average Bonchev–Trinajstić information content (AvgIpc) is 2.44. The molecule has 1 heterocycles. The molecule has 0 unspecified atom stereocenters. The number of methoxy groups -OCH3 is 1. The van der Waals surface area contributed by atoms with Crippen LogP contribution in [0.5, 0.6) is 0 Å². The second kappa shape index (κ2) is 9.52. The molecule has 0 bridgehead atoms. The maximum atomic E-state index is 11.9. The molecule has 7 heteroatoms. The number of hydrogen-bond acceptors (Lipinski definition) is 5. The van der Waals surface area contributed by atoms with Crippen molar-refractivity contribution in [1.29, 1.82) is 0 Å². The van der Waals surface area contributed by atoms with Gasteiger partial charge in [0.2, 0.25) is 0 Å². The minimum absolute atomic E-state index is 0.243. The fourth-order valence-corrected chi connectivity index (χ4v) is 1.67. The van der Waals surface area contributed by atoms with E-state index < -0.39 is 0 Å². The summed E-state index contributed by atoms with van der Waals surface area (Å²) in [6.07, 6.45) is 3.08. The Labute approximate surface area is 123 Å². The molecular weight excluding hydrogens is 282 g/mol. The van der Waals surface area contributed by atoms with Crippen molar-refractivity contribution >= 4 is 23.2 Å². The van der Waals surface area contributed by atoms with Crippen molar-refractivity contribution in [3.8, 4) is 0 Å². The molecule has 1 amide bonds.